The van der Waals surface area contributed by atoms with Gasteiger partial charge < -0.3 is 15.2 Å². The zero-order valence-corrected chi connectivity index (χ0v) is 17.4. The minimum atomic E-state index is -1.01. The number of hydrogen-bond acceptors (Lipinski definition) is 3. The van der Waals surface area contributed by atoms with Gasteiger partial charge in [0.1, 0.15) is 12.6 Å². The fraction of sp³-hybridized carbons (Fsp3) is 0.440. The Morgan fingerprint density at radius 2 is 1.70 bits per heavy atom. The van der Waals surface area contributed by atoms with Crippen LogP contribution in [0.4, 0.5) is 4.79 Å². The van der Waals surface area contributed by atoms with Crippen molar-refractivity contribution in [3.05, 3.63) is 59.7 Å². The van der Waals surface area contributed by atoms with Gasteiger partial charge in [0.25, 0.3) is 0 Å². The number of nitrogens with one attached hydrogen (secondary N) is 1. The highest BCUT2D eigenvalue weighted by Crippen LogP contribution is 2.47. The normalized spacial score (nSPS) is 17.4. The molecule has 0 spiro atoms. The number of fused-ring (bicyclic) bond motifs is 3. The van der Waals surface area contributed by atoms with Crippen LogP contribution < -0.4 is 5.32 Å². The van der Waals surface area contributed by atoms with Crippen molar-refractivity contribution in [1.82, 2.24) is 5.32 Å². The smallest absolute Gasteiger partial charge is 0.407 e. The second kappa shape index (κ2) is 8.50. The van der Waals surface area contributed by atoms with Crippen LogP contribution in [0.25, 0.3) is 11.1 Å². The van der Waals surface area contributed by atoms with Crippen LogP contribution in [0, 0.1) is 5.41 Å². The summed E-state index contributed by atoms with van der Waals surface area (Å²) in [5, 5.41) is 12.1. The number of carbonyl (C=O) groups is 2. The van der Waals surface area contributed by atoms with Gasteiger partial charge in [0.2, 0.25) is 0 Å². The first kappa shape index (κ1) is 20.5. The van der Waals surface area contributed by atoms with Crippen LogP contribution in [0.15, 0.2) is 48.5 Å². The van der Waals surface area contributed by atoms with Gasteiger partial charge in [0.05, 0.1) is 0 Å². The number of amides is 1. The molecule has 5 nitrogen and oxygen atoms in total. The number of hydrogen-bond donors (Lipinski definition) is 2. The van der Waals surface area contributed by atoms with Gasteiger partial charge in [-0.3, -0.25) is 0 Å². The van der Waals surface area contributed by atoms with E-state index in [1.165, 1.54) is 6.42 Å². The van der Waals surface area contributed by atoms with Gasteiger partial charge in [-0.05, 0) is 53.4 Å². The lowest BCUT2D eigenvalue weighted by molar-refractivity contribution is -0.139. The second-order valence-electron chi connectivity index (χ2n) is 8.61. The summed E-state index contributed by atoms with van der Waals surface area (Å²) in [6.07, 6.45) is 5.18. The average Bonchev–Trinajstić information content (AvgIpc) is 3.04. The number of aliphatic carboxylic acids is 1. The molecule has 0 aromatic heterocycles. The molecule has 1 atom stereocenters. The number of carboxylic acid groups (broad SMARTS) is 1. The van der Waals surface area contributed by atoms with Gasteiger partial charge in [0, 0.05) is 5.92 Å². The lowest BCUT2D eigenvalue weighted by Crippen LogP contribution is -2.43. The Morgan fingerprint density at radius 3 is 2.20 bits per heavy atom. The lowest BCUT2D eigenvalue weighted by Gasteiger charge is -2.42. The molecule has 0 unspecified atom stereocenters. The zero-order valence-electron chi connectivity index (χ0n) is 17.4. The Balaban J connectivity index is 1.37. The van der Waals surface area contributed by atoms with Crippen molar-refractivity contribution in [2.75, 3.05) is 6.61 Å². The Kier molecular flexibility index (Phi) is 5.80. The summed E-state index contributed by atoms with van der Waals surface area (Å²) >= 11 is 0. The van der Waals surface area contributed by atoms with Gasteiger partial charge in [0.15, 0.2) is 0 Å². The van der Waals surface area contributed by atoms with Crippen molar-refractivity contribution >= 4 is 12.1 Å². The molecule has 0 bridgehead atoms. The predicted molar refractivity (Wildman–Crippen MR) is 115 cm³/mol. The van der Waals surface area contributed by atoms with Gasteiger partial charge in [-0.25, -0.2) is 9.59 Å². The highest BCUT2D eigenvalue weighted by molar-refractivity contribution is 5.81. The fourth-order valence-corrected chi connectivity index (χ4v) is 4.95. The molecule has 2 N–H and O–H groups in total. The van der Waals surface area contributed by atoms with Crippen LogP contribution in [0.1, 0.15) is 62.5 Å². The standard InChI is InChI=1S/C25H29NO4/c1-2-25(13-7-14-25)15-12-22(23(27)28)26-24(29)30-16-21-19-10-5-3-8-17(19)18-9-4-6-11-20(18)21/h3-6,8-11,21-22H,2,7,12-16H2,1H3,(H,26,29)(H,27,28)/t22-/m0/s1. The minimum absolute atomic E-state index is 0.0373. The SMILES string of the molecule is CCC1(CC[C@H](NC(=O)OCC2c3ccccc3-c3ccccc32)C(=O)O)CCC1. The summed E-state index contributed by atoms with van der Waals surface area (Å²) in [6.45, 7) is 2.35. The maximum Gasteiger partial charge on any atom is 0.407 e. The van der Waals surface area contributed by atoms with E-state index in [1.807, 2.05) is 24.3 Å². The molecule has 2 aromatic carbocycles. The van der Waals surface area contributed by atoms with Crippen LogP contribution in [0.2, 0.25) is 0 Å². The van der Waals surface area contributed by atoms with Crippen molar-refractivity contribution < 1.29 is 19.4 Å². The Hall–Kier alpha value is -2.82. The van der Waals surface area contributed by atoms with Crippen LogP contribution in [-0.4, -0.2) is 29.8 Å². The Bertz CT molecular complexity index is 883. The molecule has 2 aromatic rings. The molecule has 1 saturated carbocycles. The van der Waals surface area contributed by atoms with Gasteiger partial charge >= 0.3 is 12.1 Å². The number of carboxylic acids is 1. The first-order valence-electron chi connectivity index (χ1n) is 10.9. The molecule has 0 aliphatic heterocycles. The number of benzene rings is 2. The van der Waals surface area contributed by atoms with E-state index in [0.717, 1.165) is 47.9 Å². The largest absolute Gasteiger partial charge is 0.480 e. The molecule has 1 fully saturated rings. The maximum atomic E-state index is 12.4. The fourth-order valence-electron chi connectivity index (χ4n) is 4.95. The number of carbonyl (C=O) groups excluding carboxylic acids is 1. The second-order valence-corrected chi connectivity index (χ2v) is 8.61. The van der Waals surface area contributed by atoms with E-state index in [2.05, 4.69) is 36.5 Å². The lowest BCUT2D eigenvalue weighted by atomic mass is 9.64. The topological polar surface area (TPSA) is 75.6 Å². The average molecular weight is 408 g/mol. The first-order valence-corrected chi connectivity index (χ1v) is 10.9. The van der Waals surface area contributed by atoms with E-state index in [1.54, 1.807) is 0 Å². The van der Waals surface area contributed by atoms with Crippen LogP contribution in [-0.2, 0) is 9.53 Å². The minimum Gasteiger partial charge on any atom is -0.480 e. The molecular weight excluding hydrogens is 378 g/mol. The van der Waals surface area contributed by atoms with E-state index in [4.69, 9.17) is 4.74 Å². The Morgan fingerprint density at radius 1 is 1.10 bits per heavy atom. The third-order valence-electron chi connectivity index (χ3n) is 7.06. The van der Waals surface area contributed by atoms with E-state index in [9.17, 15) is 14.7 Å². The molecule has 4 rings (SSSR count). The molecule has 5 heteroatoms. The molecule has 0 radical (unpaired) electrons. The summed E-state index contributed by atoms with van der Waals surface area (Å²) < 4.78 is 5.51. The first-order chi connectivity index (χ1) is 14.5. The number of ether oxygens (including phenoxy) is 1. The molecule has 0 saturated heterocycles. The highest BCUT2D eigenvalue weighted by Gasteiger charge is 2.36. The molecule has 2 aliphatic rings. The van der Waals surface area contributed by atoms with Crippen molar-refractivity contribution in [3.63, 3.8) is 0 Å². The van der Waals surface area contributed by atoms with Crippen molar-refractivity contribution in [1.29, 1.82) is 0 Å². The third-order valence-corrected chi connectivity index (χ3v) is 7.06. The quantitative estimate of drug-likeness (QED) is 0.619. The van der Waals surface area contributed by atoms with Crippen LogP contribution in [0.5, 0.6) is 0 Å². The highest BCUT2D eigenvalue weighted by atomic mass is 16.5. The summed E-state index contributed by atoms with van der Waals surface area (Å²) in [5.74, 6) is -1.04. The van der Waals surface area contributed by atoms with Gasteiger partial charge in [-0.15, -0.1) is 0 Å². The van der Waals surface area contributed by atoms with Crippen molar-refractivity contribution in [2.24, 2.45) is 5.41 Å². The van der Waals surface area contributed by atoms with E-state index in [-0.39, 0.29) is 17.9 Å². The zero-order chi connectivity index (χ0) is 21.1. The van der Waals surface area contributed by atoms with Crippen LogP contribution >= 0.6 is 0 Å². The van der Waals surface area contributed by atoms with E-state index in [0.29, 0.717) is 6.42 Å². The van der Waals surface area contributed by atoms with E-state index >= 15 is 0 Å². The van der Waals surface area contributed by atoms with Gasteiger partial charge in [-0.2, -0.15) is 0 Å². The Labute approximate surface area is 177 Å². The molecule has 158 valence electrons. The number of rotatable bonds is 8. The van der Waals surface area contributed by atoms with Crippen molar-refractivity contribution in [3.8, 4) is 11.1 Å². The molecule has 0 heterocycles. The molecule has 1 amide bonds. The molecule has 30 heavy (non-hydrogen) atoms. The van der Waals surface area contributed by atoms with Gasteiger partial charge in [-0.1, -0.05) is 68.3 Å². The summed E-state index contributed by atoms with van der Waals surface area (Å²) in [4.78, 5) is 24.1. The molecular formula is C25H29NO4. The molecule has 2 aliphatic carbocycles. The van der Waals surface area contributed by atoms with Crippen molar-refractivity contribution in [2.45, 2.75) is 57.4 Å². The van der Waals surface area contributed by atoms with Crippen LogP contribution in [0.3, 0.4) is 0 Å². The summed E-state index contributed by atoms with van der Waals surface area (Å²) in [6, 6.07) is 15.4. The maximum absolute atomic E-state index is 12.4. The van der Waals surface area contributed by atoms with E-state index < -0.39 is 18.1 Å². The summed E-state index contributed by atoms with van der Waals surface area (Å²) in [7, 11) is 0. The monoisotopic (exact) mass is 407 g/mol. The number of alkyl carbamates (subject to hydrolysis) is 1. The summed E-state index contributed by atoms with van der Waals surface area (Å²) in [5.41, 5.74) is 4.86. The predicted octanol–water partition coefficient (Wildman–Crippen LogP) is 5.34. The third kappa shape index (κ3) is 3.93.